The van der Waals surface area contributed by atoms with E-state index in [0.717, 1.165) is 106 Å². The second-order valence-corrected chi connectivity index (χ2v) is 7.56. The van der Waals surface area contributed by atoms with Crippen LogP contribution < -0.4 is 0 Å². The Labute approximate surface area is 177 Å². The largest absolute Gasteiger partial charge is 0.247 e. The molecule has 0 radical (unpaired) electrons. The molecule has 0 unspecified atom stereocenters. The Morgan fingerprint density at radius 3 is 0.533 bits per heavy atom. The Bertz CT molecular complexity index is 979. The lowest BCUT2D eigenvalue weighted by atomic mass is 10.1. The first-order valence-corrected chi connectivity index (χ1v) is 11.3. The molecule has 0 aliphatic carbocycles. The van der Waals surface area contributed by atoms with Gasteiger partial charge < -0.3 is 0 Å². The third-order valence-corrected chi connectivity index (χ3v) is 5.84. The Balaban J connectivity index is 2.29. The van der Waals surface area contributed by atoms with E-state index in [-0.39, 0.29) is 0 Å². The van der Waals surface area contributed by atoms with Crippen LogP contribution in [0.1, 0.15) is 75.7 Å². The maximum atomic E-state index is 5.04. The van der Waals surface area contributed by atoms with E-state index in [1.807, 2.05) is 0 Å². The van der Waals surface area contributed by atoms with E-state index in [1.165, 1.54) is 0 Å². The summed E-state index contributed by atoms with van der Waals surface area (Å²) in [5.74, 6) is 0. The summed E-state index contributed by atoms with van der Waals surface area (Å²) < 4.78 is 0. The predicted molar refractivity (Wildman–Crippen MR) is 122 cm³/mol. The number of hydrogen-bond acceptors (Lipinski definition) is 6. The lowest BCUT2D eigenvalue weighted by Crippen LogP contribution is -2.08. The molecular formula is C24H30N6. The van der Waals surface area contributed by atoms with Crippen LogP contribution in [0.5, 0.6) is 0 Å². The monoisotopic (exact) mass is 402 g/mol. The quantitative estimate of drug-likeness (QED) is 0.427. The maximum absolute atomic E-state index is 5.04. The van der Waals surface area contributed by atoms with Crippen LogP contribution in [0.4, 0.5) is 0 Å². The molecule has 3 heterocycles. The first-order chi connectivity index (χ1) is 14.6. The average molecular weight is 403 g/mol. The molecule has 3 aromatic heterocycles. The Kier molecular flexibility index (Phi) is 5.58. The van der Waals surface area contributed by atoms with E-state index in [4.69, 9.17) is 29.9 Å². The van der Waals surface area contributed by atoms with Crippen molar-refractivity contribution < 1.29 is 0 Å². The van der Waals surface area contributed by atoms with Gasteiger partial charge in [-0.2, -0.15) is 0 Å². The van der Waals surface area contributed by atoms with Crippen LogP contribution in [0.25, 0.3) is 33.1 Å². The van der Waals surface area contributed by atoms with Crippen LogP contribution in [-0.4, -0.2) is 29.9 Å². The number of rotatable bonds is 6. The molecule has 6 heteroatoms. The van der Waals surface area contributed by atoms with E-state index in [0.29, 0.717) is 0 Å². The van der Waals surface area contributed by atoms with Crippen molar-refractivity contribution in [2.45, 2.75) is 80.1 Å². The highest BCUT2D eigenvalue weighted by Crippen LogP contribution is 2.32. The molecule has 0 saturated carbocycles. The van der Waals surface area contributed by atoms with E-state index in [2.05, 4.69) is 41.5 Å². The first kappa shape index (κ1) is 20.5. The van der Waals surface area contributed by atoms with Gasteiger partial charge in [0.2, 0.25) is 0 Å². The smallest absolute Gasteiger partial charge is 0.119 e. The predicted octanol–water partition coefficient (Wildman–Crippen LogP) is 4.89. The van der Waals surface area contributed by atoms with Crippen molar-refractivity contribution in [2.24, 2.45) is 0 Å². The molecule has 0 N–H and O–H groups in total. The van der Waals surface area contributed by atoms with Gasteiger partial charge in [0.05, 0.1) is 34.2 Å². The second kappa shape index (κ2) is 8.17. The fourth-order valence-electron chi connectivity index (χ4n) is 4.20. The zero-order valence-electron chi connectivity index (χ0n) is 18.9. The highest BCUT2D eigenvalue weighted by atomic mass is 14.9. The van der Waals surface area contributed by atoms with E-state index >= 15 is 0 Å². The first-order valence-electron chi connectivity index (χ1n) is 11.3. The van der Waals surface area contributed by atoms with E-state index in [9.17, 15) is 0 Å². The number of aryl methyl sites for hydroxylation is 6. The van der Waals surface area contributed by atoms with Gasteiger partial charge in [0.15, 0.2) is 0 Å². The zero-order valence-corrected chi connectivity index (χ0v) is 18.9. The number of fused-ring (bicyclic) bond motifs is 6. The number of hydrogen-bond donors (Lipinski definition) is 0. The van der Waals surface area contributed by atoms with Crippen molar-refractivity contribution in [3.8, 4) is 0 Å². The van der Waals surface area contributed by atoms with Crippen LogP contribution >= 0.6 is 0 Å². The third kappa shape index (κ3) is 3.09. The zero-order chi connectivity index (χ0) is 21.4. The Morgan fingerprint density at radius 2 is 0.433 bits per heavy atom. The minimum absolute atomic E-state index is 0.803. The van der Waals surface area contributed by atoms with Crippen LogP contribution in [0.15, 0.2) is 0 Å². The molecule has 30 heavy (non-hydrogen) atoms. The number of benzene rings is 1. The van der Waals surface area contributed by atoms with Crippen molar-refractivity contribution in [3.05, 3.63) is 34.2 Å². The SMILES string of the molecule is CCc1nc2c3nc(CC)c(CC)nc3c3nc(CC)c(CC)nc3c2nc1CC. The molecule has 4 rings (SSSR count). The molecule has 0 amide bonds. The Hall–Kier alpha value is -2.76. The van der Waals surface area contributed by atoms with Gasteiger partial charge >= 0.3 is 0 Å². The molecule has 0 aliphatic heterocycles. The van der Waals surface area contributed by atoms with Gasteiger partial charge in [-0.15, -0.1) is 0 Å². The fourth-order valence-corrected chi connectivity index (χ4v) is 4.20. The van der Waals surface area contributed by atoms with Crippen molar-refractivity contribution in [1.29, 1.82) is 0 Å². The normalized spacial score (nSPS) is 11.8. The van der Waals surface area contributed by atoms with Gasteiger partial charge in [-0.1, -0.05) is 41.5 Å². The summed E-state index contributed by atoms with van der Waals surface area (Å²) in [6.07, 6.45) is 5.04. The molecule has 0 atom stereocenters. The van der Waals surface area contributed by atoms with Crippen LogP contribution in [-0.2, 0) is 38.5 Å². The van der Waals surface area contributed by atoms with Crippen LogP contribution in [0, 0.1) is 0 Å². The minimum atomic E-state index is 0.803. The highest BCUT2D eigenvalue weighted by Gasteiger charge is 2.21. The Morgan fingerprint density at radius 1 is 0.300 bits per heavy atom. The molecule has 0 fully saturated rings. The maximum Gasteiger partial charge on any atom is 0.119 e. The summed E-state index contributed by atoms with van der Waals surface area (Å²) in [6.45, 7) is 12.7. The van der Waals surface area contributed by atoms with Crippen LogP contribution in [0.3, 0.4) is 0 Å². The molecule has 0 bridgehead atoms. The molecule has 4 aromatic rings. The molecular weight excluding hydrogens is 372 g/mol. The average Bonchev–Trinajstić information content (AvgIpc) is 2.81. The van der Waals surface area contributed by atoms with Gasteiger partial charge in [0, 0.05) is 0 Å². The molecule has 156 valence electrons. The molecule has 0 saturated heterocycles. The lowest BCUT2D eigenvalue weighted by molar-refractivity contribution is 0.913. The lowest BCUT2D eigenvalue weighted by Gasteiger charge is -2.14. The summed E-state index contributed by atoms with van der Waals surface area (Å²) in [5, 5.41) is 0. The second-order valence-electron chi connectivity index (χ2n) is 7.56. The van der Waals surface area contributed by atoms with Crippen molar-refractivity contribution in [3.63, 3.8) is 0 Å². The summed E-state index contributed by atoms with van der Waals surface area (Å²) in [5.41, 5.74) is 11.0. The minimum Gasteiger partial charge on any atom is -0.247 e. The molecule has 0 spiro atoms. The van der Waals surface area contributed by atoms with Crippen molar-refractivity contribution in [2.75, 3.05) is 0 Å². The van der Waals surface area contributed by atoms with Crippen LogP contribution in [0.2, 0.25) is 0 Å². The van der Waals surface area contributed by atoms with Crippen molar-refractivity contribution in [1.82, 2.24) is 29.9 Å². The van der Waals surface area contributed by atoms with E-state index in [1.54, 1.807) is 0 Å². The van der Waals surface area contributed by atoms with E-state index < -0.39 is 0 Å². The van der Waals surface area contributed by atoms with Gasteiger partial charge in [-0.25, -0.2) is 29.9 Å². The van der Waals surface area contributed by atoms with Gasteiger partial charge in [-0.3, -0.25) is 0 Å². The summed E-state index contributed by atoms with van der Waals surface area (Å²) in [4.78, 5) is 30.2. The third-order valence-electron chi connectivity index (χ3n) is 5.84. The topological polar surface area (TPSA) is 77.3 Å². The summed E-state index contributed by atoms with van der Waals surface area (Å²) in [6, 6.07) is 0. The highest BCUT2D eigenvalue weighted by molar-refractivity contribution is 6.18. The summed E-state index contributed by atoms with van der Waals surface area (Å²) in [7, 11) is 0. The van der Waals surface area contributed by atoms with Crippen molar-refractivity contribution >= 4 is 33.1 Å². The molecule has 6 nitrogen and oxygen atoms in total. The number of nitrogens with zero attached hydrogens (tertiary/aromatic N) is 6. The molecule has 0 aliphatic rings. The number of aromatic nitrogens is 6. The standard InChI is InChI=1S/C24H30N6/c1-7-13-14(8-2)26-20-19(25-13)21-23(29-16(10-4)15(9-3)27-21)24-22(20)28-17(11-5)18(12-6)30-24/h7-12H2,1-6H3. The summed E-state index contributed by atoms with van der Waals surface area (Å²) >= 11 is 0. The van der Waals surface area contributed by atoms with Gasteiger partial charge in [0.25, 0.3) is 0 Å². The fraction of sp³-hybridized carbons (Fsp3) is 0.500. The van der Waals surface area contributed by atoms with Gasteiger partial charge in [-0.05, 0) is 38.5 Å². The molecule has 1 aromatic carbocycles. The van der Waals surface area contributed by atoms with Gasteiger partial charge in [0.1, 0.15) is 33.1 Å².